The van der Waals surface area contributed by atoms with Crippen molar-refractivity contribution in [2.45, 2.75) is 6.54 Å². The van der Waals surface area contributed by atoms with Crippen LogP contribution in [0.4, 0.5) is 5.69 Å². The standard InChI is InChI=1S/C19H21ClN2O5S/c1-25-17-3-2-13(20)8-15(17)21-19(24)12-27-18-11-26-14(9-16(18)23)10-22-4-6-28-7-5-22/h2-3,8-9,11H,4-7,10,12H2,1H3,(H,21,24). The van der Waals surface area contributed by atoms with Gasteiger partial charge in [-0.2, -0.15) is 11.8 Å². The van der Waals surface area contributed by atoms with Crippen molar-refractivity contribution >= 4 is 35.0 Å². The van der Waals surface area contributed by atoms with E-state index in [1.54, 1.807) is 18.2 Å². The Kier molecular flexibility index (Phi) is 7.24. The third kappa shape index (κ3) is 5.67. The van der Waals surface area contributed by atoms with E-state index in [0.717, 1.165) is 24.6 Å². The highest BCUT2D eigenvalue weighted by molar-refractivity contribution is 7.99. The Morgan fingerprint density at radius 3 is 2.79 bits per heavy atom. The first-order chi connectivity index (χ1) is 13.5. The lowest BCUT2D eigenvalue weighted by Gasteiger charge is -2.25. The molecule has 2 heterocycles. The largest absolute Gasteiger partial charge is 0.495 e. The van der Waals surface area contributed by atoms with Gasteiger partial charge in [-0.3, -0.25) is 14.5 Å². The molecule has 1 amide bonds. The molecule has 1 aliphatic rings. The number of nitrogens with one attached hydrogen (secondary N) is 1. The molecular formula is C19H21ClN2O5S. The number of carbonyl (C=O) groups excluding carboxylic acids is 1. The van der Waals surface area contributed by atoms with Crippen LogP contribution in [0.15, 0.2) is 39.7 Å². The van der Waals surface area contributed by atoms with Gasteiger partial charge in [-0.05, 0) is 18.2 Å². The third-order valence-electron chi connectivity index (χ3n) is 4.13. The summed E-state index contributed by atoms with van der Waals surface area (Å²) in [5.41, 5.74) is 0.103. The molecule has 0 saturated carbocycles. The number of methoxy groups -OCH3 is 1. The van der Waals surface area contributed by atoms with Crippen molar-refractivity contribution in [1.82, 2.24) is 4.90 Å². The summed E-state index contributed by atoms with van der Waals surface area (Å²) in [5.74, 6) is 2.76. The highest BCUT2D eigenvalue weighted by Crippen LogP contribution is 2.27. The number of carbonyl (C=O) groups is 1. The number of nitrogens with zero attached hydrogens (tertiary/aromatic N) is 1. The van der Waals surface area contributed by atoms with E-state index in [9.17, 15) is 9.59 Å². The van der Waals surface area contributed by atoms with Gasteiger partial charge < -0.3 is 19.2 Å². The SMILES string of the molecule is COc1ccc(Cl)cc1NC(=O)COc1coc(CN2CCSCC2)cc1=O. The van der Waals surface area contributed by atoms with Crippen molar-refractivity contribution < 1.29 is 18.7 Å². The van der Waals surface area contributed by atoms with Gasteiger partial charge in [-0.1, -0.05) is 11.6 Å². The lowest BCUT2D eigenvalue weighted by atomic mass is 10.3. The van der Waals surface area contributed by atoms with Crippen molar-refractivity contribution in [3.63, 3.8) is 0 Å². The van der Waals surface area contributed by atoms with Crippen LogP contribution in [0.1, 0.15) is 5.76 Å². The number of hydrogen-bond donors (Lipinski definition) is 1. The van der Waals surface area contributed by atoms with E-state index in [1.165, 1.54) is 19.4 Å². The lowest BCUT2D eigenvalue weighted by molar-refractivity contribution is -0.118. The summed E-state index contributed by atoms with van der Waals surface area (Å²) in [4.78, 5) is 26.6. The van der Waals surface area contributed by atoms with Crippen LogP contribution in [0, 0.1) is 0 Å². The topological polar surface area (TPSA) is 81.0 Å². The predicted octanol–water partition coefficient (Wildman–Crippen LogP) is 2.87. The smallest absolute Gasteiger partial charge is 0.262 e. The zero-order valence-electron chi connectivity index (χ0n) is 15.4. The number of anilines is 1. The van der Waals surface area contributed by atoms with Gasteiger partial charge in [0, 0.05) is 35.7 Å². The predicted molar refractivity (Wildman–Crippen MR) is 110 cm³/mol. The van der Waals surface area contributed by atoms with Gasteiger partial charge in [-0.15, -0.1) is 0 Å². The van der Waals surface area contributed by atoms with E-state index in [1.807, 2.05) is 11.8 Å². The van der Waals surface area contributed by atoms with E-state index < -0.39 is 5.91 Å². The minimum Gasteiger partial charge on any atom is -0.495 e. The number of benzene rings is 1. The molecule has 1 N–H and O–H groups in total. The monoisotopic (exact) mass is 424 g/mol. The second-order valence-electron chi connectivity index (χ2n) is 6.14. The molecule has 1 aliphatic heterocycles. The summed E-state index contributed by atoms with van der Waals surface area (Å²) in [7, 11) is 1.49. The lowest BCUT2D eigenvalue weighted by Crippen LogP contribution is -2.32. The Bertz CT molecular complexity index is 883. The van der Waals surface area contributed by atoms with Crippen LogP contribution in [0.2, 0.25) is 5.02 Å². The van der Waals surface area contributed by atoms with Crippen molar-refractivity contribution in [2.75, 3.05) is 43.6 Å². The summed E-state index contributed by atoms with van der Waals surface area (Å²) in [6.07, 6.45) is 1.25. The molecule has 0 atom stereocenters. The normalized spacial score (nSPS) is 14.5. The van der Waals surface area contributed by atoms with Crippen LogP contribution in [0.5, 0.6) is 11.5 Å². The second kappa shape index (κ2) is 9.86. The highest BCUT2D eigenvalue weighted by Gasteiger charge is 2.14. The van der Waals surface area contributed by atoms with E-state index >= 15 is 0 Å². The molecule has 1 aromatic carbocycles. The first-order valence-corrected chi connectivity index (χ1v) is 10.3. The van der Waals surface area contributed by atoms with Crippen LogP contribution in [-0.2, 0) is 11.3 Å². The van der Waals surface area contributed by atoms with Crippen molar-refractivity contribution in [2.24, 2.45) is 0 Å². The van der Waals surface area contributed by atoms with Crippen LogP contribution >= 0.6 is 23.4 Å². The Morgan fingerprint density at radius 1 is 1.29 bits per heavy atom. The zero-order chi connectivity index (χ0) is 19.9. The maximum Gasteiger partial charge on any atom is 0.262 e. The third-order valence-corrected chi connectivity index (χ3v) is 5.31. The minimum absolute atomic E-state index is 0.00819. The molecule has 9 heteroatoms. The molecule has 0 spiro atoms. The van der Waals surface area contributed by atoms with Crippen molar-refractivity contribution in [1.29, 1.82) is 0 Å². The average Bonchev–Trinajstić information content (AvgIpc) is 2.68. The number of hydrogen-bond acceptors (Lipinski definition) is 7. The van der Waals surface area contributed by atoms with Gasteiger partial charge in [0.2, 0.25) is 11.2 Å². The summed E-state index contributed by atoms with van der Waals surface area (Å²) in [5, 5.41) is 3.10. The molecule has 0 bridgehead atoms. The number of halogens is 1. The minimum atomic E-state index is -0.449. The molecule has 3 rings (SSSR count). The second-order valence-corrected chi connectivity index (χ2v) is 7.81. The van der Waals surface area contributed by atoms with Gasteiger partial charge in [-0.25, -0.2) is 0 Å². The molecular weight excluding hydrogens is 404 g/mol. The molecule has 0 aliphatic carbocycles. The number of rotatable bonds is 7. The fourth-order valence-electron chi connectivity index (χ4n) is 2.71. The Labute approximate surface area is 171 Å². The average molecular weight is 425 g/mol. The van der Waals surface area contributed by atoms with Crippen molar-refractivity contribution in [3.8, 4) is 11.5 Å². The van der Waals surface area contributed by atoms with Gasteiger partial charge in [0.25, 0.3) is 5.91 Å². The fourth-order valence-corrected chi connectivity index (χ4v) is 3.86. The van der Waals surface area contributed by atoms with Crippen LogP contribution < -0.4 is 20.2 Å². The Hall–Kier alpha value is -2.16. The Balaban J connectivity index is 1.56. The van der Waals surface area contributed by atoms with Crippen LogP contribution in [-0.4, -0.2) is 49.1 Å². The van der Waals surface area contributed by atoms with Gasteiger partial charge in [0.05, 0.1) is 19.3 Å². The molecule has 150 valence electrons. The molecule has 28 heavy (non-hydrogen) atoms. The number of thioether (sulfide) groups is 1. The summed E-state index contributed by atoms with van der Waals surface area (Å²) >= 11 is 7.86. The summed E-state index contributed by atoms with van der Waals surface area (Å²) < 4.78 is 16.0. The molecule has 1 saturated heterocycles. The first kappa shape index (κ1) is 20.6. The fraction of sp³-hybridized carbons (Fsp3) is 0.368. The molecule has 0 unspecified atom stereocenters. The maximum atomic E-state index is 12.2. The first-order valence-electron chi connectivity index (χ1n) is 8.73. The molecule has 2 aromatic rings. The molecule has 1 aromatic heterocycles. The summed E-state index contributed by atoms with van der Waals surface area (Å²) in [6, 6.07) is 6.28. The van der Waals surface area contributed by atoms with Gasteiger partial charge in [0.15, 0.2) is 6.61 Å². The zero-order valence-corrected chi connectivity index (χ0v) is 17.0. The van der Waals surface area contributed by atoms with E-state index in [0.29, 0.717) is 28.8 Å². The molecule has 7 nitrogen and oxygen atoms in total. The van der Waals surface area contributed by atoms with E-state index in [2.05, 4.69) is 10.2 Å². The molecule has 1 fully saturated rings. The van der Waals surface area contributed by atoms with E-state index in [4.69, 9.17) is 25.5 Å². The summed E-state index contributed by atoms with van der Waals surface area (Å²) in [6.45, 7) is 2.19. The van der Waals surface area contributed by atoms with E-state index in [-0.39, 0.29) is 17.8 Å². The van der Waals surface area contributed by atoms with Crippen LogP contribution in [0.25, 0.3) is 0 Å². The Morgan fingerprint density at radius 2 is 2.07 bits per heavy atom. The van der Waals surface area contributed by atoms with Crippen molar-refractivity contribution in [3.05, 3.63) is 51.5 Å². The highest BCUT2D eigenvalue weighted by atomic mass is 35.5. The number of amides is 1. The molecule has 0 radical (unpaired) electrons. The number of ether oxygens (including phenoxy) is 2. The van der Waals surface area contributed by atoms with Gasteiger partial charge in [0.1, 0.15) is 17.8 Å². The quantitative estimate of drug-likeness (QED) is 0.731. The van der Waals surface area contributed by atoms with Crippen LogP contribution in [0.3, 0.4) is 0 Å². The van der Waals surface area contributed by atoms with Gasteiger partial charge >= 0.3 is 0 Å². The maximum absolute atomic E-state index is 12.2.